The van der Waals surface area contributed by atoms with Crippen LogP contribution in [-0.2, 0) is 9.53 Å². The van der Waals surface area contributed by atoms with Crippen LogP contribution in [0.2, 0.25) is 5.02 Å². The molecule has 2 atom stereocenters. The summed E-state index contributed by atoms with van der Waals surface area (Å²) in [6, 6.07) is 15.2. The molecular weight excluding hydrogens is 362 g/mol. The number of hydrogen-bond donors (Lipinski definition) is 2. The van der Waals surface area contributed by atoms with E-state index in [2.05, 4.69) is 15.5 Å². The maximum atomic E-state index is 12.5. The summed E-state index contributed by atoms with van der Waals surface area (Å²) in [5, 5.41) is 6.97. The van der Waals surface area contributed by atoms with E-state index >= 15 is 0 Å². The molecule has 5 nitrogen and oxygen atoms in total. The third-order valence-corrected chi connectivity index (χ3v) is 5.12. The molecule has 144 valence electrons. The predicted octanol–water partition coefficient (Wildman–Crippen LogP) is 3.85. The molecule has 0 bridgehead atoms. The van der Waals surface area contributed by atoms with Crippen LogP contribution in [0.1, 0.15) is 25.5 Å². The number of hydrogen-bond acceptors (Lipinski definition) is 4. The van der Waals surface area contributed by atoms with Crippen molar-refractivity contribution in [2.75, 3.05) is 36.5 Å². The molecule has 1 amide bonds. The number of ether oxygens (including phenoxy) is 1. The van der Waals surface area contributed by atoms with Crippen LogP contribution in [0.3, 0.4) is 0 Å². The van der Waals surface area contributed by atoms with Gasteiger partial charge in [-0.25, -0.2) is 0 Å². The zero-order valence-electron chi connectivity index (χ0n) is 15.7. The molecule has 0 unspecified atom stereocenters. The molecule has 0 saturated carbocycles. The summed E-state index contributed by atoms with van der Waals surface area (Å²) in [4.78, 5) is 14.8. The molecule has 0 spiro atoms. The van der Waals surface area contributed by atoms with Crippen molar-refractivity contribution in [2.45, 2.75) is 25.9 Å². The fraction of sp³-hybridized carbons (Fsp3) is 0.381. The van der Waals surface area contributed by atoms with Crippen LogP contribution < -0.4 is 15.5 Å². The van der Waals surface area contributed by atoms with Gasteiger partial charge in [0, 0.05) is 35.5 Å². The van der Waals surface area contributed by atoms with Crippen LogP contribution in [-0.4, -0.2) is 38.3 Å². The standard InChI is InChI=1S/C21H26ClN3O2/c1-15(19-5-3-4-6-20(19)22)23-16(2)21(26)24-17-7-9-18(10-8-17)25-11-13-27-14-12-25/h3-10,15-16,23H,11-14H2,1-2H3,(H,24,26)/t15-,16-/m1/s1. The molecule has 27 heavy (non-hydrogen) atoms. The van der Waals surface area contributed by atoms with Gasteiger partial charge >= 0.3 is 0 Å². The second-order valence-corrected chi connectivity index (χ2v) is 7.17. The van der Waals surface area contributed by atoms with Crippen molar-refractivity contribution >= 4 is 28.9 Å². The zero-order chi connectivity index (χ0) is 19.2. The second-order valence-electron chi connectivity index (χ2n) is 6.77. The summed E-state index contributed by atoms with van der Waals surface area (Å²) in [6.45, 7) is 7.16. The van der Waals surface area contributed by atoms with Gasteiger partial charge in [-0.05, 0) is 49.7 Å². The minimum atomic E-state index is -0.352. The minimum absolute atomic E-state index is 0.0249. The van der Waals surface area contributed by atoms with Crippen molar-refractivity contribution in [1.82, 2.24) is 5.32 Å². The number of amides is 1. The van der Waals surface area contributed by atoms with Crippen LogP contribution in [0.4, 0.5) is 11.4 Å². The van der Waals surface area contributed by atoms with Crippen LogP contribution in [0.25, 0.3) is 0 Å². The highest BCUT2D eigenvalue weighted by atomic mass is 35.5. The summed E-state index contributed by atoms with van der Waals surface area (Å²) >= 11 is 6.24. The van der Waals surface area contributed by atoms with Gasteiger partial charge in [0.25, 0.3) is 0 Å². The fourth-order valence-corrected chi connectivity index (χ4v) is 3.49. The number of nitrogens with one attached hydrogen (secondary N) is 2. The largest absolute Gasteiger partial charge is 0.378 e. The lowest BCUT2D eigenvalue weighted by molar-refractivity contribution is -0.117. The van der Waals surface area contributed by atoms with Gasteiger partial charge in [0.1, 0.15) is 0 Å². The van der Waals surface area contributed by atoms with E-state index in [1.165, 1.54) is 0 Å². The Morgan fingerprint density at radius 3 is 2.41 bits per heavy atom. The number of benzene rings is 2. The Kier molecular flexibility index (Phi) is 6.72. The number of carbonyl (C=O) groups excluding carboxylic acids is 1. The fourth-order valence-electron chi connectivity index (χ4n) is 3.19. The van der Waals surface area contributed by atoms with Gasteiger partial charge < -0.3 is 15.0 Å². The van der Waals surface area contributed by atoms with Gasteiger partial charge in [-0.3, -0.25) is 10.1 Å². The number of carbonyl (C=O) groups is 1. The van der Waals surface area contributed by atoms with E-state index in [1.54, 1.807) is 0 Å². The quantitative estimate of drug-likeness (QED) is 0.790. The third-order valence-electron chi connectivity index (χ3n) is 4.78. The number of anilines is 2. The Balaban J connectivity index is 1.55. The lowest BCUT2D eigenvalue weighted by atomic mass is 10.1. The maximum Gasteiger partial charge on any atom is 0.241 e. The topological polar surface area (TPSA) is 53.6 Å². The highest BCUT2D eigenvalue weighted by Gasteiger charge is 2.18. The highest BCUT2D eigenvalue weighted by Crippen LogP contribution is 2.23. The Morgan fingerprint density at radius 1 is 1.07 bits per heavy atom. The first-order valence-electron chi connectivity index (χ1n) is 9.28. The molecule has 1 saturated heterocycles. The van der Waals surface area contributed by atoms with E-state index in [-0.39, 0.29) is 18.0 Å². The van der Waals surface area contributed by atoms with Gasteiger partial charge in [-0.15, -0.1) is 0 Å². The van der Waals surface area contributed by atoms with Crippen molar-refractivity contribution in [3.8, 4) is 0 Å². The Labute approximate surface area is 165 Å². The molecule has 0 radical (unpaired) electrons. The van der Waals surface area contributed by atoms with Crippen molar-refractivity contribution in [1.29, 1.82) is 0 Å². The molecule has 0 aliphatic carbocycles. The molecule has 1 fully saturated rings. The van der Waals surface area contributed by atoms with E-state index in [4.69, 9.17) is 16.3 Å². The number of rotatable bonds is 6. The van der Waals surface area contributed by atoms with Crippen molar-refractivity contribution < 1.29 is 9.53 Å². The van der Waals surface area contributed by atoms with E-state index in [0.29, 0.717) is 5.02 Å². The molecule has 1 aliphatic heterocycles. The summed E-state index contributed by atoms with van der Waals surface area (Å²) in [7, 11) is 0. The molecule has 1 heterocycles. The monoisotopic (exact) mass is 387 g/mol. The molecule has 2 aromatic carbocycles. The third kappa shape index (κ3) is 5.22. The molecular formula is C21H26ClN3O2. The first kappa shape index (κ1) is 19.7. The molecule has 2 aromatic rings. The Hall–Kier alpha value is -2.08. The van der Waals surface area contributed by atoms with Gasteiger partial charge in [0.15, 0.2) is 0 Å². The van der Waals surface area contributed by atoms with Gasteiger partial charge in [-0.2, -0.15) is 0 Å². The smallest absolute Gasteiger partial charge is 0.241 e. The number of nitrogens with zero attached hydrogens (tertiary/aromatic N) is 1. The lowest BCUT2D eigenvalue weighted by Gasteiger charge is -2.29. The molecule has 0 aromatic heterocycles. The molecule has 6 heteroatoms. The molecule has 1 aliphatic rings. The zero-order valence-corrected chi connectivity index (χ0v) is 16.5. The first-order chi connectivity index (χ1) is 13.0. The Morgan fingerprint density at radius 2 is 1.74 bits per heavy atom. The summed E-state index contributed by atoms with van der Waals surface area (Å²) in [6.07, 6.45) is 0. The van der Waals surface area contributed by atoms with Crippen LogP contribution in [0.15, 0.2) is 48.5 Å². The minimum Gasteiger partial charge on any atom is -0.378 e. The van der Waals surface area contributed by atoms with E-state index in [0.717, 1.165) is 43.2 Å². The SMILES string of the molecule is C[C@@H](N[C@H](C)c1ccccc1Cl)C(=O)Nc1ccc(N2CCOCC2)cc1. The van der Waals surface area contributed by atoms with Crippen molar-refractivity contribution in [2.24, 2.45) is 0 Å². The molecule has 2 N–H and O–H groups in total. The van der Waals surface area contributed by atoms with Crippen LogP contribution >= 0.6 is 11.6 Å². The van der Waals surface area contributed by atoms with Crippen molar-refractivity contribution in [3.05, 3.63) is 59.1 Å². The summed E-state index contributed by atoms with van der Waals surface area (Å²) in [5.41, 5.74) is 2.92. The van der Waals surface area contributed by atoms with Gasteiger partial charge in [-0.1, -0.05) is 29.8 Å². The highest BCUT2D eigenvalue weighted by molar-refractivity contribution is 6.31. The molecule has 3 rings (SSSR count). The second kappa shape index (κ2) is 9.22. The predicted molar refractivity (Wildman–Crippen MR) is 111 cm³/mol. The van der Waals surface area contributed by atoms with Gasteiger partial charge in [0.05, 0.1) is 19.3 Å². The summed E-state index contributed by atoms with van der Waals surface area (Å²) in [5.74, 6) is -0.0759. The van der Waals surface area contributed by atoms with E-state index in [9.17, 15) is 4.79 Å². The van der Waals surface area contributed by atoms with Gasteiger partial charge in [0.2, 0.25) is 5.91 Å². The average molecular weight is 388 g/mol. The van der Waals surface area contributed by atoms with Crippen molar-refractivity contribution in [3.63, 3.8) is 0 Å². The Bertz CT molecular complexity index is 760. The maximum absolute atomic E-state index is 12.5. The first-order valence-corrected chi connectivity index (χ1v) is 9.66. The number of halogens is 1. The lowest BCUT2D eigenvalue weighted by Crippen LogP contribution is -2.39. The summed E-state index contributed by atoms with van der Waals surface area (Å²) < 4.78 is 5.38. The van der Waals surface area contributed by atoms with E-state index < -0.39 is 0 Å². The van der Waals surface area contributed by atoms with Crippen LogP contribution in [0.5, 0.6) is 0 Å². The van der Waals surface area contributed by atoms with Crippen LogP contribution in [0, 0.1) is 0 Å². The number of morpholine rings is 1. The van der Waals surface area contributed by atoms with E-state index in [1.807, 2.05) is 62.4 Å². The average Bonchev–Trinajstić information content (AvgIpc) is 2.69. The normalized spacial score (nSPS) is 16.6.